The molecule has 4 aromatic heterocycles. The molecule has 0 N–H and O–H groups in total. The number of fused-ring (bicyclic) bond motifs is 3. The van der Waals surface area contributed by atoms with E-state index in [1.807, 2.05) is 35.7 Å². The van der Waals surface area contributed by atoms with Crippen molar-refractivity contribution in [1.82, 2.24) is 24.9 Å². The van der Waals surface area contributed by atoms with Crippen molar-refractivity contribution in [3.8, 4) is 0 Å². The van der Waals surface area contributed by atoms with E-state index in [0.717, 1.165) is 28.6 Å². The average molecular weight is 417 g/mol. The number of aryl methyl sites for hydroxylation is 1. The van der Waals surface area contributed by atoms with Gasteiger partial charge in [-0.2, -0.15) is 4.52 Å². The highest BCUT2D eigenvalue weighted by molar-refractivity contribution is 7.12. The van der Waals surface area contributed by atoms with Crippen LogP contribution in [0.5, 0.6) is 0 Å². The van der Waals surface area contributed by atoms with Crippen molar-refractivity contribution in [3.63, 3.8) is 0 Å². The molecule has 5 rings (SSSR count). The normalized spacial score (nSPS) is 11.4. The molecular formula is C22H19N5O2S. The number of hydrogen-bond acceptors (Lipinski definition) is 6. The number of furan rings is 1. The third kappa shape index (κ3) is 3.35. The highest BCUT2D eigenvalue weighted by Gasteiger charge is 2.21. The Kier molecular flexibility index (Phi) is 4.76. The van der Waals surface area contributed by atoms with Gasteiger partial charge in [0.15, 0.2) is 5.65 Å². The van der Waals surface area contributed by atoms with Crippen LogP contribution in [-0.4, -0.2) is 30.8 Å². The number of carbonyl (C=O) groups excluding carboxylic acids is 1. The summed E-state index contributed by atoms with van der Waals surface area (Å²) in [6.45, 7) is 2.86. The smallest absolute Gasteiger partial charge is 0.264 e. The van der Waals surface area contributed by atoms with Crippen LogP contribution in [0.3, 0.4) is 0 Å². The lowest BCUT2D eigenvalue weighted by molar-refractivity contribution is 0.0723. The van der Waals surface area contributed by atoms with Gasteiger partial charge in [0.2, 0.25) is 0 Å². The fraction of sp³-hybridized carbons (Fsp3) is 0.182. The minimum absolute atomic E-state index is 0.0468. The fourth-order valence-corrected chi connectivity index (χ4v) is 4.29. The summed E-state index contributed by atoms with van der Waals surface area (Å²) in [4.78, 5) is 15.7. The lowest BCUT2D eigenvalue weighted by atomic mass is 10.1. The first-order valence-corrected chi connectivity index (χ1v) is 10.6. The van der Waals surface area contributed by atoms with Gasteiger partial charge in [0, 0.05) is 10.9 Å². The third-order valence-electron chi connectivity index (χ3n) is 5.12. The van der Waals surface area contributed by atoms with E-state index in [0.29, 0.717) is 23.6 Å². The topological polar surface area (TPSA) is 76.5 Å². The maximum Gasteiger partial charge on any atom is 0.264 e. The summed E-state index contributed by atoms with van der Waals surface area (Å²) in [5.41, 5.74) is 3.72. The Bertz CT molecular complexity index is 1310. The largest absolute Gasteiger partial charge is 0.467 e. The number of pyridine rings is 1. The summed E-state index contributed by atoms with van der Waals surface area (Å²) in [6, 6.07) is 15.8. The average Bonchev–Trinajstić information content (AvgIpc) is 3.55. The Hall–Kier alpha value is -3.52. The number of rotatable bonds is 6. The zero-order chi connectivity index (χ0) is 20.5. The summed E-state index contributed by atoms with van der Waals surface area (Å²) >= 11 is 1.43. The molecule has 0 aliphatic heterocycles. The summed E-state index contributed by atoms with van der Waals surface area (Å²) in [6.07, 6.45) is 2.56. The monoisotopic (exact) mass is 417 g/mol. The van der Waals surface area contributed by atoms with Crippen LogP contribution in [0.15, 0.2) is 64.6 Å². The van der Waals surface area contributed by atoms with Crippen LogP contribution in [0.4, 0.5) is 0 Å². The standard InChI is InChI=1S/C22H19N5O2S/c1-2-15-7-8-19-16(11-15)12-17(21-23-24-25-27(19)21)13-26(14-18-5-3-9-29-18)22(28)20-6-4-10-30-20/h3-12H,2,13-14H2,1H3. The molecule has 0 spiro atoms. The molecular weight excluding hydrogens is 398 g/mol. The molecule has 5 aromatic rings. The third-order valence-corrected chi connectivity index (χ3v) is 5.98. The van der Waals surface area contributed by atoms with Gasteiger partial charge in [-0.15, -0.1) is 16.4 Å². The predicted octanol–water partition coefficient (Wildman–Crippen LogP) is 4.34. The van der Waals surface area contributed by atoms with Crippen LogP contribution in [0.1, 0.15) is 33.5 Å². The summed E-state index contributed by atoms with van der Waals surface area (Å²) < 4.78 is 7.25. The van der Waals surface area contributed by atoms with E-state index in [1.165, 1.54) is 16.9 Å². The van der Waals surface area contributed by atoms with Crippen LogP contribution in [0.25, 0.3) is 16.6 Å². The highest BCUT2D eigenvalue weighted by atomic mass is 32.1. The van der Waals surface area contributed by atoms with Crippen molar-refractivity contribution in [2.24, 2.45) is 0 Å². The minimum atomic E-state index is -0.0468. The molecule has 0 aliphatic carbocycles. The fourth-order valence-electron chi connectivity index (χ4n) is 3.60. The summed E-state index contributed by atoms with van der Waals surface area (Å²) in [5, 5.41) is 15.2. The number of benzene rings is 1. The number of hydrogen-bond donors (Lipinski definition) is 0. The number of carbonyl (C=O) groups is 1. The van der Waals surface area contributed by atoms with E-state index >= 15 is 0 Å². The highest BCUT2D eigenvalue weighted by Crippen LogP contribution is 2.24. The summed E-state index contributed by atoms with van der Waals surface area (Å²) in [5.74, 6) is 0.680. The first-order valence-electron chi connectivity index (χ1n) is 9.70. The number of amides is 1. The van der Waals surface area contributed by atoms with Gasteiger partial charge in [0.05, 0.1) is 29.7 Å². The number of thiophene rings is 1. The van der Waals surface area contributed by atoms with Crippen molar-refractivity contribution >= 4 is 33.8 Å². The second-order valence-electron chi connectivity index (χ2n) is 7.05. The Morgan fingerprint density at radius 1 is 1.17 bits per heavy atom. The molecule has 1 amide bonds. The van der Waals surface area contributed by atoms with Gasteiger partial charge >= 0.3 is 0 Å². The van der Waals surface area contributed by atoms with Crippen LogP contribution < -0.4 is 0 Å². The molecule has 30 heavy (non-hydrogen) atoms. The quantitative estimate of drug-likeness (QED) is 0.411. The molecule has 0 saturated carbocycles. The van der Waals surface area contributed by atoms with Gasteiger partial charge in [0.25, 0.3) is 5.91 Å². The summed E-state index contributed by atoms with van der Waals surface area (Å²) in [7, 11) is 0. The van der Waals surface area contributed by atoms with E-state index in [2.05, 4.69) is 40.6 Å². The van der Waals surface area contributed by atoms with Crippen LogP contribution in [0.2, 0.25) is 0 Å². The zero-order valence-electron chi connectivity index (χ0n) is 16.4. The minimum Gasteiger partial charge on any atom is -0.467 e. The first-order chi connectivity index (χ1) is 14.7. The SMILES string of the molecule is CCc1ccc2c(c1)cc(CN(Cc1ccco1)C(=O)c1cccs1)c1nnnn12. The Morgan fingerprint density at radius 3 is 2.87 bits per heavy atom. The molecule has 0 unspecified atom stereocenters. The lowest BCUT2D eigenvalue weighted by Crippen LogP contribution is -2.29. The van der Waals surface area contributed by atoms with Gasteiger partial charge in [-0.3, -0.25) is 4.79 Å². The van der Waals surface area contributed by atoms with Crippen LogP contribution in [0, 0.1) is 0 Å². The van der Waals surface area contributed by atoms with Crippen molar-refractivity contribution in [1.29, 1.82) is 0 Å². The van der Waals surface area contributed by atoms with Gasteiger partial charge in [-0.05, 0) is 64.2 Å². The van der Waals surface area contributed by atoms with Crippen molar-refractivity contribution < 1.29 is 9.21 Å². The Labute approximate surface area is 176 Å². The molecule has 0 aliphatic rings. The van der Waals surface area contributed by atoms with E-state index in [1.54, 1.807) is 15.7 Å². The number of nitrogens with zero attached hydrogens (tertiary/aromatic N) is 5. The molecule has 0 saturated heterocycles. The number of tetrazole rings is 1. The van der Waals surface area contributed by atoms with Gasteiger partial charge in [0.1, 0.15) is 5.76 Å². The Morgan fingerprint density at radius 2 is 2.10 bits per heavy atom. The van der Waals surface area contributed by atoms with Gasteiger partial charge < -0.3 is 9.32 Å². The van der Waals surface area contributed by atoms with Gasteiger partial charge in [-0.25, -0.2) is 0 Å². The maximum atomic E-state index is 13.2. The second kappa shape index (κ2) is 7.72. The molecule has 0 fully saturated rings. The molecule has 4 heterocycles. The van der Waals surface area contributed by atoms with Crippen molar-refractivity contribution in [3.05, 3.63) is 81.9 Å². The van der Waals surface area contributed by atoms with Crippen LogP contribution >= 0.6 is 11.3 Å². The van der Waals surface area contributed by atoms with E-state index in [-0.39, 0.29) is 5.91 Å². The number of aromatic nitrogens is 4. The van der Waals surface area contributed by atoms with E-state index in [9.17, 15) is 4.79 Å². The predicted molar refractivity (Wildman–Crippen MR) is 114 cm³/mol. The zero-order valence-corrected chi connectivity index (χ0v) is 17.2. The molecule has 0 atom stereocenters. The van der Waals surface area contributed by atoms with E-state index < -0.39 is 0 Å². The molecule has 0 radical (unpaired) electrons. The molecule has 0 bridgehead atoms. The van der Waals surface area contributed by atoms with Gasteiger partial charge in [-0.1, -0.05) is 19.1 Å². The maximum absolute atomic E-state index is 13.2. The molecule has 7 nitrogen and oxygen atoms in total. The first kappa shape index (κ1) is 18.5. The van der Waals surface area contributed by atoms with E-state index in [4.69, 9.17) is 4.42 Å². The Balaban J connectivity index is 1.59. The molecule has 8 heteroatoms. The van der Waals surface area contributed by atoms with Crippen molar-refractivity contribution in [2.75, 3.05) is 0 Å². The molecule has 150 valence electrons. The van der Waals surface area contributed by atoms with Crippen molar-refractivity contribution in [2.45, 2.75) is 26.4 Å². The lowest BCUT2D eigenvalue weighted by Gasteiger charge is -2.21. The molecule has 1 aromatic carbocycles. The second-order valence-corrected chi connectivity index (χ2v) is 8.00. The van der Waals surface area contributed by atoms with Crippen LogP contribution in [-0.2, 0) is 19.5 Å².